The molecule has 9 heteroatoms. The van der Waals surface area contributed by atoms with Crippen molar-refractivity contribution < 1.29 is 4.39 Å². The maximum absolute atomic E-state index is 13.6. The van der Waals surface area contributed by atoms with Crippen LogP contribution in [0.4, 0.5) is 10.1 Å². The molecule has 198 valence electrons. The van der Waals surface area contributed by atoms with Gasteiger partial charge in [-0.2, -0.15) is 0 Å². The van der Waals surface area contributed by atoms with Crippen molar-refractivity contribution in [1.82, 2.24) is 30.1 Å². The molecule has 1 unspecified atom stereocenters. The molecule has 6 rings (SSSR count). The van der Waals surface area contributed by atoms with Crippen LogP contribution in [0, 0.1) is 19.7 Å². The number of para-hydroxylation sites is 1. The average Bonchev–Trinajstić information content (AvgIpc) is 3.39. The lowest BCUT2D eigenvalue weighted by Crippen LogP contribution is -2.49. The van der Waals surface area contributed by atoms with Gasteiger partial charge in [0.1, 0.15) is 11.9 Å². The van der Waals surface area contributed by atoms with Crippen LogP contribution >= 0.6 is 0 Å². The lowest BCUT2D eigenvalue weighted by Gasteiger charge is -2.39. The third kappa shape index (κ3) is 5.05. The number of halogens is 1. The van der Waals surface area contributed by atoms with Crippen molar-refractivity contribution >= 4 is 16.6 Å². The van der Waals surface area contributed by atoms with Crippen molar-refractivity contribution in [2.75, 3.05) is 31.1 Å². The molecule has 1 N–H and O–H groups in total. The maximum Gasteiger partial charge on any atom is 0.253 e. The number of benzene rings is 3. The van der Waals surface area contributed by atoms with Gasteiger partial charge >= 0.3 is 0 Å². The Kier molecular flexibility index (Phi) is 6.66. The van der Waals surface area contributed by atoms with E-state index >= 15 is 0 Å². The Morgan fingerprint density at radius 1 is 0.949 bits per heavy atom. The highest BCUT2D eigenvalue weighted by Crippen LogP contribution is 2.30. The van der Waals surface area contributed by atoms with Crippen molar-refractivity contribution in [2.24, 2.45) is 0 Å². The van der Waals surface area contributed by atoms with Crippen LogP contribution in [0.15, 0.2) is 77.6 Å². The highest BCUT2D eigenvalue weighted by atomic mass is 19.1. The van der Waals surface area contributed by atoms with Crippen molar-refractivity contribution in [3.8, 4) is 0 Å². The van der Waals surface area contributed by atoms with Gasteiger partial charge in [-0.05, 0) is 77.2 Å². The van der Waals surface area contributed by atoms with E-state index in [1.165, 1.54) is 17.8 Å². The molecule has 0 amide bonds. The van der Waals surface area contributed by atoms with Crippen LogP contribution in [0.25, 0.3) is 10.9 Å². The number of pyridine rings is 1. The van der Waals surface area contributed by atoms with E-state index in [4.69, 9.17) is 0 Å². The summed E-state index contributed by atoms with van der Waals surface area (Å²) in [6.07, 6.45) is 0. The van der Waals surface area contributed by atoms with Gasteiger partial charge in [-0.1, -0.05) is 42.0 Å². The molecule has 1 aliphatic heterocycles. The van der Waals surface area contributed by atoms with E-state index in [-0.39, 0.29) is 11.4 Å². The van der Waals surface area contributed by atoms with Gasteiger partial charge in [0.05, 0.1) is 12.1 Å². The fourth-order valence-corrected chi connectivity index (χ4v) is 5.57. The normalized spacial score (nSPS) is 15.1. The predicted molar refractivity (Wildman–Crippen MR) is 149 cm³/mol. The van der Waals surface area contributed by atoms with Gasteiger partial charge < -0.3 is 9.88 Å². The van der Waals surface area contributed by atoms with Crippen molar-refractivity contribution in [3.05, 3.63) is 117 Å². The molecule has 1 saturated heterocycles. The standard InChI is InChI=1S/C30H30FN7O/c1-20-16-21(2)27-23(17-20)18-26(30(39)32-27)28(37-14-12-36(13-15-37)25-6-4-3-5-7-25)29-33-34-35-38(29)19-22-8-10-24(31)11-9-22/h3-11,16-18,28H,12-15,19H2,1-2H3,(H,32,39). The molecule has 0 aliphatic carbocycles. The lowest BCUT2D eigenvalue weighted by molar-refractivity contribution is 0.200. The summed E-state index contributed by atoms with van der Waals surface area (Å²) in [6.45, 7) is 7.51. The second-order valence-corrected chi connectivity index (χ2v) is 10.2. The first-order valence-corrected chi connectivity index (χ1v) is 13.1. The number of aromatic nitrogens is 5. The fraction of sp³-hybridized carbons (Fsp3) is 0.267. The molecular weight excluding hydrogens is 493 g/mol. The first-order chi connectivity index (χ1) is 19.0. The van der Waals surface area contributed by atoms with Crippen LogP contribution in [-0.4, -0.2) is 56.3 Å². The van der Waals surface area contributed by atoms with E-state index in [1.54, 1.807) is 16.8 Å². The molecule has 1 atom stereocenters. The van der Waals surface area contributed by atoms with Crippen LogP contribution < -0.4 is 10.5 Å². The topological polar surface area (TPSA) is 82.9 Å². The number of rotatable bonds is 6. The van der Waals surface area contributed by atoms with Crippen molar-refractivity contribution in [1.29, 1.82) is 0 Å². The fourth-order valence-electron chi connectivity index (χ4n) is 5.57. The molecule has 1 fully saturated rings. The molecule has 3 heterocycles. The van der Waals surface area contributed by atoms with E-state index in [2.05, 4.69) is 61.5 Å². The smallest absolute Gasteiger partial charge is 0.253 e. The highest BCUT2D eigenvalue weighted by molar-refractivity contribution is 5.83. The Hall–Kier alpha value is -4.37. The number of nitrogens with one attached hydrogen (secondary N) is 1. The van der Waals surface area contributed by atoms with Crippen molar-refractivity contribution in [3.63, 3.8) is 0 Å². The second-order valence-electron chi connectivity index (χ2n) is 10.2. The Balaban J connectivity index is 1.41. The maximum atomic E-state index is 13.6. The van der Waals surface area contributed by atoms with E-state index in [9.17, 15) is 9.18 Å². The van der Waals surface area contributed by atoms with Crippen LogP contribution in [0.5, 0.6) is 0 Å². The first-order valence-electron chi connectivity index (χ1n) is 13.1. The van der Waals surface area contributed by atoms with Gasteiger partial charge in [0.2, 0.25) is 0 Å². The first kappa shape index (κ1) is 24.9. The molecule has 0 radical (unpaired) electrons. The molecule has 3 aromatic carbocycles. The molecular formula is C30H30FN7O. The summed E-state index contributed by atoms with van der Waals surface area (Å²) in [5.41, 5.74) is 5.51. The second kappa shape index (κ2) is 10.4. The van der Waals surface area contributed by atoms with Gasteiger partial charge in [0, 0.05) is 37.4 Å². The Labute approximate surface area is 225 Å². The number of hydrogen-bond donors (Lipinski definition) is 1. The number of aryl methyl sites for hydroxylation is 2. The van der Waals surface area contributed by atoms with Gasteiger partial charge in [-0.3, -0.25) is 9.69 Å². The Bertz CT molecular complexity index is 1660. The lowest BCUT2D eigenvalue weighted by atomic mass is 10.00. The number of nitrogens with zero attached hydrogens (tertiary/aromatic N) is 6. The van der Waals surface area contributed by atoms with Gasteiger partial charge in [0.15, 0.2) is 5.82 Å². The third-order valence-corrected chi connectivity index (χ3v) is 7.47. The third-order valence-electron chi connectivity index (χ3n) is 7.47. The zero-order valence-electron chi connectivity index (χ0n) is 22.0. The van der Waals surface area contributed by atoms with E-state index in [1.807, 2.05) is 31.2 Å². The molecule has 8 nitrogen and oxygen atoms in total. The van der Waals surface area contributed by atoms with Crippen LogP contribution in [-0.2, 0) is 6.54 Å². The number of H-pyrrole nitrogens is 1. The molecule has 0 bridgehead atoms. The monoisotopic (exact) mass is 523 g/mol. The Morgan fingerprint density at radius 2 is 1.69 bits per heavy atom. The zero-order chi connectivity index (χ0) is 26.9. The van der Waals surface area contributed by atoms with Gasteiger partial charge in [-0.25, -0.2) is 9.07 Å². The minimum Gasteiger partial charge on any atom is -0.369 e. The minimum atomic E-state index is -0.452. The molecule has 0 saturated carbocycles. The van der Waals surface area contributed by atoms with Crippen LogP contribution in [0.2, 0.25) is 0 Å². The quantitative estimate of drug-likeness (QED) is 0.359. The molecule has 5 aromatic rings. The van der Waals surface area contributed by atoms with E-state index < -0.39 is 6.04 Å². The van der Waals surface area contributed by atoms with Gasteiger partial charge in [-0.15, -0.1) is 5.10 Å². The zero-order valence-corrected chi connectivity index (χ0v) is 22.0. The molecule has 1 aliphatic rings. The molecule has 2 aromatic heterocycles. The summed E-state index contributed by atoms with van der Waals surface area (Å²) in [7, 11) is 0. The summed E-state index contributed by atoms with van der Waals surface area (Å²) in [5.74, 6) is 0.292. The van der Waals surface area contributed by atoms with E-state index in [0.29, 0.717) is 17.9 Å². The number of hydrogen-bond acceptors (Lipinski definition) is 6. The van der Waals surface area contributed by atoms with E-state index in [0.717, 1.165) is 53.8 Å². The SMILES string of the molecule is Cc1cc(C)c2[nH]c(=O)c(C(c3nnnn3Cc3ccc(F)cc3)N3CCN(c4ccccc4)CC3)cc2c1. The van der Waals surface area contributed by atoms with Gasteiger partial charge in [0.25, 0.3) is 5.56 Å². The van der Waals surface area contributed by atoms with Crippen molar-refractivity contribution in [2.45, 2.75) is 26.4 Å². The van der Waals surface area contributed by atoms with Crippen LogP contribution in [0.3, 0.4) is 0 Å². The Morgan fingerprint density at radius 3 is 2.44 bits per heavy atom. The summed E-state index contributed by atoms with van der Waals surface area (Å²) >= 11 is 0. The summed E-state index contributed by atoms with van der Waals surface area (Å²) in [4.78, 5) is 21.4. The number of fused-ring (bicyclic) bond motifs is 1. The minimum absolute atomic E-state index is 0.152. The summed E-state index contributed by atoms with van der Waals surface area (Å²) < 4.78 is 15.2. The van der Waals surface area contributed by atoms with Crippen LogP contribution in [0.1, 0.15) is 34.1 Å². The number of anilines is 1. The number of tetrazole rings is 1. The average molecular weight is 524 g/mol. The number of piperazine rings is 1. The summed E-state index contributed by atoms with van der Waals surface area (Å²) in [5, 5.41) is 13.7. The molecule has 0 spiro atoms. The predicted octanol–water partition coefficient (Wildman–Crippen LogP) is 4.23. The highest BCUT2D eigenvalue weighted by Gasteiger charge is 2.33. The molecule has 39 heavy (non-hydrogen) atoms. The summed E-state index contributed by atoms with van der Waals surface area (Å²) in [6, 6.07) is 22.4. The largest absolute Gasteiger partial charge is 0.369 e. The number of aromatic amines is 1.